The Morgan fingerprint density at radius 1 is 1.25 bits per heavy atom. The van der Waals surface area contributed by atoms with E-state index < -0.39 is 0 Å². The summed E-state index contributed by atoms with van der Waals surface area (Å²) in [7, 11) is 0. The van der Waals surface area contributed by atoms with E-state index >= 15 is 0 Å². The minimum Gasteiger partial charge on any atom is -0.349 e. The van der Waals surface area contributed by atoms with Crippen molar-refractivity contribution in [3.63, 3.8) is 0 Å². The predicted octanol–water partition coefficient (Wildman–Crippen LogP) is 5.14. The summed E-state index contributed by atoms with van der Waals surface area (Å²) in [6.45, 7) is 10.9. The third-order valence-electron chi connectivity index (χ3n) is 6.25. The van der Waals surface area contributed by atoms with Crippen LogP contribution < -0.4 is 5.32 Å². The maximum Gasteiger partial charge on any atom is 0.241 e. The van der Waals surface area contributed by atoms with Gasteiger partial charge in [-0.15, -0.1) is 11.3 Å². The van der Waals surface area contributed by atoms with Crippen molar-refractivity contribution < 1.29 is 9.32 Å². The highest BCUT2D eigenvalue weighted by Gasteiger charge is 2.29. The summed E-state index contributed by atoms with van der Waals surface area (Å²) in [5.74, 6) is 1.82. The van der Waals surface area contributed by atoms with Crippen molar-refractivity contribution in [3.8, 4) is 10.7 Å². The molecule has 6 nitrogen and oxygen atoms in total. The van der Waals surface area contributed by atoms with Gasteiger partial charge in [-0.25, -0.2) is 0 Å². The van der Waals surface area contributed by atoms with Crippen molar-refractivity contribution in [2.75, 3.05) is 13.1 Å². The number of amides is 1. The van der Waals surface area contributed by atoms with Crippen molar-refractivity contribution in [1.29, 1.82) is 0 Å². The zero-order valence-corrected chi connectivity index (χ0v) is 20.1. The maximum atomic E-state index is 13.1. The van der Waals surface area contributed by atoms with Crippen molar-refractivity contribution in [2.45, 2.75) is 53.1 Å². The number of hydrogen-bond acceptors (Lipinski definition) is 6. The van der Waals surface area contributed by atoms with Gasteiger partial charge >= 0.3 is 0 Å². The van der Waals surface area contributed by atoms with Crippen molar-refractivity contribution >= 4 is 17.2 Å². The van der Waals surface area contributed by atoms with Gasteiger partial charge in [0.1, 0.15) is 0 Å². The molecule has 0 saturated carbocycles. The summed E-state index contributed by atoms with van der Waals surface area (Å²) in [6, 6.07) is 10.5. The molecule has 1 atom stereocenters. The van der Waals surface area contributed by atoms with Gasteiger partial charge in [0, 0.05) is 5.92 Å². The molecule has 0 spiro atoms. The Morgan fingerprint density at radius 3 is 2.69 bits per heavy atom. The molecule has 1 aromatic carbocycles. The molecule has 0 aliphatic carbocycles. The quantitative estimate of drug-likeness (QED) is 0.537. The lowest BCUT2D eigenvalue weighted by Gasteiger charge is -2.32. The average molecular weight is 453 g/mol. The standard InChI is InChI=1S/C25H32N4O2S/c1-16(2)23(20-8-7-17(3)14-18(20)4)27-25(30)19-9-11-29(12-10-19)15-22-26-24(28-31-22)21-6-5-13-32-21/h5-8,13-14,16,19,23H,9-12,15H2,1-4H3,(H,27,30). The predicted molar refractivity (Wildman–Crippen MR) is 127 cm³/mol. The highest BCUT2D eigenvalue weighted by atomic mass is 32.1. The number of likely N-dealkylation sites (tertiary alicyclic amines) is 1. The van der Waals surface area contributed by atoms with Crippen LogP contribution in [0.3, 0.4) is 0 Å². The zero-order chi connectivity index (χ0) is 22.7. The summed E-state index contributed by atoms with van der Waals surface area (Å²) in [6.07, 6.45) is 1.69. The van der Waals surface area contributed by atoms with Gasteiger partial charge in [-0.05, 0) is 68.3 Å². The fraction of sp³-hybridized carbons (Fsp3) is 0.480. The molecular weight excluding hydrogens is 420 g/mol. The Bertz CT molecular complexity index is 1040. The van der Waals surface area contributed by atoms with Crippen LogP contribution in [0.1, 0.15) is 55.3 Å². The topological polar surface area (TPSA) is 71.3 Å². The fourth-order valence-corrected chi connectivity index (χ4v) is 5.07. The van der Waals surface area contributed by atoms with Gasteiger partial charge in [-0.1, -0.05) is 48.8 Å². The van der Waals surface area contributed by atoms with E-state index in [1.54, 1.807) is 11.3 Å². The molecule has 1 aliphatic rings. The zero-order valence-electron chi connectivity index (χ0n) is 19.3. The highest BCUT2D eigenvalue weighted by Crippen LogP contribution is 2.28. The van der Waals surface area contributed by atoms with Gasteiger partial charge < -0.3 is 9.84 Å². The number of nitrogens with zero attached hydrogens (tertiary/aromatic N) is 3. The van der Waals surface area contributed by atoms with Crippen LogP contribution in [0.15, 0.2) is 40.2 Å². The number of hydrogen-bond donors (Lipinski definition) is 1. The number of aromatic nitrogens is 2. The molecule has 3 heterocycles. The fourth-order valence-electron chi connectivity index (χ4n) is 4.42. The average Bonchev–Trinajstić information content (AvgIpc) is 3.45. The molecule has 7 heteroatoms. The SMILES string of the molecule is Cc1ccc(C(NC(=O)C2CCN(Cc3nc(-c4cccs4)no3)CC2)C(C)C)c(C)c1. The van der Waals surface area contributed by atoms with Crippen LogP contribution in [-0.2, 0) is 11.3 Å². The van der Waals surface area contributed by atoms with Crippen LogP contribution in [0.5, 0.6) is 0 Å². The highest BCUT2D eigenvalue weighted by molar-refractivity contribution is 7.13. The lowest BCUT2D eigenvalue weighted by Crippen LogP contribution is -2.42. The molecule has 0 radical (unpaired) electrons. The Morgan fingerprint density at radius 2 is 2.03 bits per heavy atom. The molecule has 1 unspecified atom stereocenters. The number of aryl methyl sites for hydroxylation is 2. The minimum absolute atomic E-state index is 0.0372. The number of carbonyl (C=O) groups is 1. The van der Waals surface area contributed by atoms with Crippen molar-refractivity contribution in [1.82, 2.24) is 20.4 Å². The Hall–Kier alpha value is -2.51. The van der Waals surface area contributed by atoms with E-state index in [1.807, 2.05) is 17.5 Å². The number of piperidine rings is 1. The molecule has 170 valence electrons. The maximum absolute atomic E-state index is 13.1. The second-order valence-corrected chi connectivity index (χ2v) is 10.1. The van der Waals surface area contributed by atoms with Gasteiger partial charge in [0.05, 0.1) is 17.5 Å². The van der Waals surface area contributed by atoms with Crippen LogP contribution in [-0.4, -0.2) is 34.0 Å². The van der Waals surface area contributed by atoms with Crippen LogP contribution >= 0.6 is 11.3 Å². The first-order valence-electron chi connectivity index (χ1n) is 11.4. The molecule has 1 amide bonds. The second-order valence-electron chi connectivity index (χ2n) is 9.13. The van der Waals surface area contributed by atoms with Crippen LogP contribution in [0.2, 0.25) is 0 Å². The van der Waals surface area contributed by atoms with E-state index in [-0.39, 0.29) is 17.9 Å². The van der Waals surface area contributed by atoms with Gasteiger partial charge in [0.15, 0.2) is 0 Å². The van der Waals surface area contributed by atoms with Crippen LogP contribution in [0.25, 0.3) is 10.7 Å². The number of thiophene rings is 1. The first-order chi connectivity index (χ1) is 15.4. The van der Waals surface area contributed by atoms with E-state index in [2.05, 4.69) is 66.3 Å². The molecule has 2 aromatic heterocycles. The summed E-state index contributed by atoms with van der Waals surface area (Å²) >= 11 is 1.60. The number of rotatable bonds is 7. The molecule has 1 saturated heterocycles. The lowest BCUT2D eigenvalue weighted by atomic mass is 9.90. The Balaban J connectivity index is 1.32. The minimum atomic E-state index is 0.0372. The number of carbonyl (C=O) groups excluding carboxylic acids is 1. The van der Waals surface area contributed by atoms with Gasteiger partial charge in [-0.3, -0.25) is 9.69 Å². The van der Waals surface area contributed by atoms with Crippen LogP contribution in [0.4, 0.5) is 0 Å². The van der Waals surface area contributed by atoms with E-state index in [0.717, 1.165) is 30.8 Å². The molecular formula is C25H32N4O2S. The molecule has 1 N–H and O–H groups in total. The largest absolute Gasteiger partial charge is 0.349 e. The molecule has 32 heavy (non-hydrogen) atoms. The summed E-state index contributed by atoms with van der Waals surface area (Å²) in [4.78, 5) is 20.9. The van der Waals surface area contributed by atoms with Crippen molar-refractivity contribution in [2.24, 2.45) is 11.8 Å². The third-order valence-corrected chi connectivity index (χ3v) is 7.12. The molecule has 4 rings (SSSR count). The monoisotopic (exact) mass is 452 g/mol. The Kier molecular flexibility index (Phi) is 7.06. The second kappa shape index (κ2) is 9.96. The summed E-state index contributed by atoms with van der Waals surface area (Å²) < 4.78 is 5.44. The van der Waals surface area contributed by atoms with E-state index in [1.165, 1.54) is 16.7 Å². The summed E-state index contributed by atoms with van der Waals surface area (Å²) in [5, 5.41) is 9.45. The van der Waals surface area contributed by atoms with Crippen molar-refractivity contribution in [3.05, 3.63) is 58.3 Å². The molecule has 0 bridgehead atoms. The van der Waals surface area contributed by atoms with E-state index in [0.29, 0.717) is 24.2 Å². The first-order valence-corrected chi connectivity index (χ1v) is 12.2. The molecule has 1 fully saturated rings. The summed E-state index contributed by atoms with van der Waals surface area (Å²) in [5.41, 5.74) is 3.70. The van der Waals surface area contributed by atoms with Crippen LogP contribution in [0, 0.1) is 25.7 Å². The molecule has 3 aromatic rings. The molecule has 1 aliphatic heterocycles. The smallest absolute Gasteiger partial charge is 0.241 e. The van der Waals surface area contributed by atoms with Gasteiger partial charge in [0.2, 0.25) is 17.6 Å². The number of benzene rings is 1. The number of nitrogens with one attached hydrogen (secondary N) is 1. The first kappa shape index (κ1) is 22.7. The normalized spacial score (nSPS) is 16.4. The van der Waals surface area contributed by atoms with E-state index in [4.69, 9.17) is 4.52 Å². The third kappa shape index (κ3) is 5.27. The van der Waals surface area contributed by atoms with E-state index in [9.17, 15) is 4.79 Å². The Labute approximate surface area is 194 Å². The lowest BCUT2D eigenvalue weighted by molar-refractivity contribution is -0.127. The van der Waals surface area contributed by atoms with Gasteiger partial charge in [-0.2, -0.15) is 4.98 Å². The van der Waals surface area contributed by atoms with Gasteiger partial charge in [0.25, 0.3) is 0 Å².